The van der Waals surface area contributed by atoms with Gasteiger partial charge in [0.2, 0.25) is 0 Å². The molecule has 0 N–H and O–H groups in total. The number of esters is 1. The topological polar surface area (TPSA) is 35.5 Å². The third-order valence-corrected chi connectivity index (χ3v) is 2.55. The van der Waals surface area contributed by atoms with Gasteiger partial charge in [-0.05, 0) is 18.8 Å². The van der Waals surface area contributed by atoms with Crippen LogP contribution in [0.1, 0.15) is 33.6 Å². The number of hydrogen-bond acceptors (Lipinski definition) is 3. The third-order valence-electron chi connectivity index (χ3n) is 2.55. The Kier molecular flexibility index (Phi) is 7.48. The average Bonchev–Trinajstić information content (AvgIpc) is 2.31. The molecule has 0 bridgehead atoms. The molecule has 0 saturated carbocycles. The predicted octanol–water partition coefficient (Wildman–Crippen LogP) is 2.25. The molecular weight excluding hydrogens is 180 g/mol. The Labute approximate surface area is 86.8 Å². The van der Waals surface area contributed by atoms with E-state index in [1.165, 1.54) is 7.11 Å². The van der Waals surface area contributed by atoms with Crippen molar-refractivity contribution in [2.45, 2.75) is 33.6 Å². The van der Waals surface area contributed by atoms with Crippen molar-refractivity contribution in [1.29, 1.82) is 0 Å². The Bertz CT molecular complexity index is 151. The lowest BCUT2D eigenvalue weighted by Gasteiger charge is -2.25. The van der Waals surface area contributed by atoms with Gasteiger partial charge in [-0.15, -0.1) is 0 Å². The molecule has 3 nitrogen and oxygen atoms in total. The summed E-state index contributed by atoms with van der Waals surface area (Å²) in [6.07, 6.45) is 1.96. The van der Waals surface area contributed by atoms with E-state index in [2.05, 4.69) is 4.74 Å². The lowest BCUT2D eigenvalue weighted by molar-refractivity contribution is -0.147. The van der Waals surface area contributed by atoms with Crippen LogP contribution in [-0.2, 0) is 14.3 Å². The minimum atomic E-state index is -0.0955. The van der Waals surface area contributed by atoms with Crippen molar-refractivity contribution >= 4 is 5.97 Å². The maximum absolute atomic E-state index is 11.1. The highest BCUT2D eigenvalue weighted by Crippen LogP contribution is 2.24. The second kappa shape index (κ2) is 7.80. The molecule has 84 valence electrons. The highest BCUT2D eigenvalue weighted by Gasteiger charge is 2.26. The van der Waals surface area contributed by atoms with Crippen LogP contribution >= 0.6 is 0 Å². The second-order valence-corrected chi connectivity index (χ2v) is 3.26. The number of carbonyl (C=O) groups excluding carboxylic acids is 1. The van der Waals surface area contributed by atoms with Crippen LogP contribution in [0.2, 0.25) is 0 Å². The molecule has 14 heavy (non-hydrogen) atoms. The molecule has 0 aliphatic carbocycles. The van der Waals surface area contributed by atoms with E-state index in [1.807, 2.05) is 20.8 Å². The van der Waals surface area contributed by atoms with Gasteiger partial charge < -0.3 is 9.47 Å². The standard InChI is InChI=1S/C9H16O3.C2H6/c1-7(9(10)11-2)8-3-5-12-6-4-8;1-2/h7-8H,3-6H2,1-2H3;1-2H3. The van der Waals surface area contributed by atoms with Crippen LogP contribution in [-0.4, -0.2) is 26.3 Å². The maximum Gasteiger partial charge on any atom is 0.308 e. The van der Waals surface area contributed by atoms with Gasteiger partial charge in [0.05, 0.1) is 13.0 Å². The fourth-order valence-corrected chi connectivity index (χ4v) is 1.59. The molecule has 1 unspecified atom stereocenters. The van der Waals surface area contributed by atoms with Crippen molar-refractivity contribution in [2.24, 2.45) is 11.8 Å². The first-order valence-corrected chi connectivity index (χ1v) is 5.41. The summed E-state index contributed by atoms with van der Waals surface area (Å²) in [4.78, 5) is 11.1. The van der Waals surface area contributed by atoms with Crippen molar-refractivity contribution in [2.75, 3.05) is 20.3 Å². The molecule has 3 heteroatoms. The van der Waals surface area contributed by atoms with Crippen molar-refractivity contribution in [3.05, 3.63) is 0 Å². The zero-order valence-corrected chi connectivity index (χ0v) is 9.71. The van der Waals surface area contributed by atoms with Gasteiger partial charge in [-0.3, -0.25) is 4.79 Å². The SMILES string of the molecule is CC.COC(=O)C(C)C1CCOCC1. The van der Waals surface area contributed by atoms with E-state index in [9.17, 15) is 4.79 Å². The monoisotopic (exact) mass is 202 g/mol. The molecule has 1 heterocycles. The summed E-state index contributed by atoms with van der Waals surface area (Å²) in [5, 5.41) is 0. The molecule has 0 aromatic heterocycles. The van der Waals surface area contributed by atoms with Gasteiger partial charge >= 0.3 is 5.97 Å². The molecule has 0 amide bonds. The van der Waals surface area contributed by atoms with E-state index in [1.54, 1.807) is 0 Å². The van der Waals surface area contributed by atoms with E-state index < -0.39 is 0 Å². The van der Waals surface area contributed by atoms with Crippen LogP contribution < -0.4 is 0 Å². The largest absolute Gasteiger partial charge is 0.469 e. The summed E-state index contributed by atoms with van der Waals surface area (Å²) in [6, 6.07) is 0. The summed E-state index contributed by atoms with van der Waals surface area (Å²) in [6.45, 7) is 7.50. The summed E-state index contributed by atoms with van der Waals surface area (Å²) in [7, 11) is 1.44. The molecule has 0 spiro atoms. The Morgan fingerprint density at radius 2 is 1.86 bits per heavy atom. The number of methoxy groups -OCH3 is 1. The van der Waals surface area contributed by atoms with Crippen LogP contribution in [0.15, 0.2) is 0 Å². The molecule has 0 radical (unpaired) electrons. The second-order valence-electron chi connectivity index (χ2n) is 3.26. The molecule has 1 saturated heterocycles. The van der Waals surface area contributed by atoms with Crippen molar-refractivity contribution in [3.8, 4) is 0 Å². The van der Waals surface area contributed by atoms with E-state index in [-0.39, 0.29) is 11.9 Å². The summed E-state index contributed by atoms with van der Waals surface area (Å²) in [5.41, 5.74) is 0. The summed E-state index contributed by atoms with van der Waals surface area (Å²) in [5.74, 6) is 0.381. The number of hydrogen-bond donors (Lipinski definition) is 0. The minimum Gasteiger partial charge on any atom is -0.469 e. The predicted molar refractivity (Wildman–Crippen MR) is 56.1 cm³/mol. The molecule has 0 aromatic carbocycles. The minimum absolute atomic E-state index is 0.0268. The van der Waals surface area contributed by atoms with Gasteiger partial charge in [0.25, 0.3) is 0 Å². The smallest absolute Gasteiger partial charge is 0.308 e. The molecule has 1 aliphatic rings. The fourth-order valence-electron chi connectivity index (χ4n) is 1.59. The Morgan fingerprint density at radius 3 is 2.29 bits per heavy atom. The van der Waals surface area contributed by atoms with Gasteiger partial charge in [0, 0.05) is 13.2 Å². The zero-order valence-electron chi connectivity index (χ0n) is 9.71. The van der Waals surface area contributed by atoms with Gasteiger partial charge in [-0.25, -0.2) is 0 Å². The maximum atomic E-state index is 11.1. The van der Waals surface area contributed by atoms with Crippen molar-refractivity contribution in [3.63, 3.8) is 0 Å². The quantitative estimate of drug-likeness (QED) is 0.644. The fraction of sp³-hybridized carbons (Fsp3) is 0.909. The zero-order chi connectivity index (χ0) is 11.0. The lowest BCUT2D eigenvalue weighted by Crippen LogP contribution is -2.27. The number of ether oxygens (including phenoxy) is 2. The molecule has 0 aromatic rings. The van der Waals surface area contributed by atoms with Gasteiger partial charge in [-0.2, -0.15) is 0 Å². The van der Waals surface area contributed by atoms with Crippen molar-refractivity contribution in [1.82, 2.24) is 0 Å². The van der Waals surface area contributed by atoms with Gasteiger partial charge in [0.1, 0.15) is 0 Å². The van der Waals surface area contributed by atoms with E-state index in [0.29, 0.717) is 5.92 Å². The van der Waals surface area contributed by atoms with Crippen LogP contribution in [0.3, 0.4) is 0 Å². The Morgan fingerprint density at radius 1 is 1.36 bits per heavy atom. The van der Waals surface area contributed by atoms with Crippen LogP contribution in [0.25, 0.3) is 0 Å². The highest BCUT2D eigenvalue weighted by molar-refractivity contribution is 5.72. The number of carbonyl (C=O) groups is 1. The summed E-state index contributed by atoms with van der Waals surface area (Å²) >= 11 is 0. The van der Waals surface area contributed by atoms with Crippen LogP contribution in [0.5, 0.6) is 0 Å². The molecule has 1 atom stereocenters. The van der Waals surface area contributed by atoms with Crippen molar-refractivity contribution < 1.29 is 14.3 Å². The first-order chi connectivity index (χ1) is 6.75. The van der Waals surface area contributed by atoms with Gasteiger partial charge in [0.15, 0.2) is 0 Å². The Hall–Kier alpha value is -0.570. The van der Waals surface area contributed by atoms with Gasteiger partial charge in [-0.1, -0.05) is 20.8 Å². The number of rotatable bonds is 2. The Balaban J connectivity index is 0.000000791. The highest BCUT2D eigenvalue weighted by atomic mass is 16.5. The van der Waals surface area contributed by atoms with Crippen LogP contribution in [0, 0.1) is 11.8 Å². The van der Waals surface area contributed by atoms with Crippen LogP contribution in [0.4, 0.5) is 0 Å². The summed E-state index contributed by atoms with van der Waals surface area (Å²) < 4.78 is 9.90. The molecule has 1 rings (SSSR count). The molecule has 1 fully saturated rings. The van der Waals surface area contributed by atoms with E-state index in [0.717, 1.165) is 26.1 Å². The lowest BCUT2D eigenvalue weighted by atomic mass is 9.87. The van der Waals surface area contributed by atoms with E-state index in [4.69, 9.17) is 4.74 Å². The first-order valence-electron chi connectivity index (χ1n) is 5.41. The van der Waals surface area contributed by atoms with E-state index >= 15 is 0 Å². The average molecular weight is 202 g/mol. The molecular formula is C11H22O3. The third kappa shape index (κ3) is 4.09. The molecule has 1 aliphatic heterocycles. The normalized spacial score (nSPS) is 19.1. The first kappa shape index (κ1) is 13.4.